The lowest BCUT2D eigenvalue weighted by molar-refractivity contribution is -0.111. The Bertz CT molecular complexity index is 1250. The summed E-state index contributed by atoms with van der Waals surface area (Å²) < 4.78 is 34.5. The number of hydrogen-bond acceptors (Lipinski definition) is 7. The van der Waals surface area contributed by atoms with Crippen molar-refractivity contribution in [3.8, 4) is 11.6 Å². The number of hydrogen-bond donors (Lipinski definition) is 0. The molecule has 2 atom stereocenters. The first-order valence-electron chi connectivity index (χ1n) is 11.3. The first-order chi connectivity index (χ1) is 16.4. The molecule has 2 bridgehead atoms. The summed E-state index contributed by atoms with van der Waals surface area (Å²) in [5.41, 5.74) is 0.424. The Kier molecular flexibility index (Phi) is 5.21. The number of ether oxygens (including phenoxy) is 3. The number of likely N-dealkylation sites (tertiary alicyclic amines) is 1. The molecule has 3 aliphatic rings. The van der Waals surface area contributed by atoms with Crippen LogP contribution in [0.2, 0.25) is 0 Å². The Labute approximate surface area is 203 Å². The van der Waals surface area contributed by atoms with Crippen molar-refractivity contribution in [3.05, 3.63) is 41.0 Å². The fraction of sp³-hybridized carbons (Fsp3) is 0.478. The van der Waals surface area contributed by atoms with E-state index in [-0.39, 0.29) is 35.3 Å². The number of piperidine rings is 1. The fourth-order valence-electron chi connectivity index (χ4n) is 4.67. The standard InChI is InChI=1S/C23H23BrFN5O4/c1-23(4-5-23)34-22(31)29-8-13-10-32-11-14(9-29)19(13)33-21-16-7-28-30(20(16)26-12-27-21)18-3-2-15(24)6-17(18)25/h2-3,6-7,12-14,19H,4-5,8-11H2,1H3. The molecule has 1 saturated carbocycles. The van der Waals surface area contributed by atoms with Crippen molar-refractivity contribution in [2.45, 2.75) is 31.5 Å². The summed E-state index contributed by atoms with van der Waals surface area (Å²) >= 11 is 3.27. The van der Waals surface area contributed by atoms with Gasteiger partial charge in [-0.05, 0) is 38.0 Å². The van der Waals surface area contributed by atoms with E-state index in [1.54, 1.807) is 23.2 Å². The number of amides is 1. The van der Waals surface area contributed by atoms with Gasteiger partial charge < -0.3 is 19.1 Å². The largest absolute Gasteiger partial charge is 0.473 e. The third kappa shape index (κ3) is 3.90. The van der Waals surface area contributed by atoms with Gasteiger partial charge in [-0.15, -0.1) is 0 Å². The number of nitrogens with zero attached hydrogens (tertiary/aromatic N) is 5. The van der Waals surface area contributed by atoms with Gasteiger partial charge in [0.15, 0.2) is 5.65 Å². The number of rotatable bonds is 4. The van der Waals surface area contributed by atoms with Gasteiger partial charge in [-0.25, -0.2) is 23.8 Å². The van der Waals surface area contributed by atoms with E-state index < -0.39 is 5.82 Å². The van der Waals surface area contributed by atoms with Crippen LogP contribution in [0, 0.1) is 17.7 Å². The van der Waals surface area contributed by atoms with Crippen LogP contribution in [0.3, 0.4) is 0 Å². The molecule has 1 aliphatic carbocycles. The van der Waals surface area contributed by atoms with Crippen LogP contribution < -0.4 is 4.74 Å². The Morgan fingerprint density at radius 2 is 2.00 bits per heavy atom. The Morgan fingerprint density at radius 1 is 1.24 bits per heavy atom. The monoisotopic (exact) mass is 531 g/mol. The maximum Gasteiger partial charge on any atom is 0.410 e. The second kappa shape index (κ2) is 8.16. The van der Waals surface area contributed by atoms with Gasteiger partial charge in [0, 0.05) is 29.4 Å². The molecule has 1 amide bonds. The first-order valence-corrected chi connectivity index (χ1v) is 12.1. The zero-order valence-corrected chi connectivity index (χ0v) is 20.1. The average molecular weight is 532 g/mol. The molecule has 1 aromatic carbocycles. The van der Waals surface area contributed by atoms with Crippen molar-refractivity contribution >= 4 is 33.1 Å². The van der Waals surface area contributed by atoms with E-state index in [1.165, 1.54) is 17.1 Å². The molecule has 2 aromatic heterocycles. The highest BCUT2D eigenvalue weighted by Gasteiger charge is 2.47. The molecule has 0 spiro atoms. The predicted molar refractivity (Wildman–Crippen MR) is 122 cm³/mol. The summed E-state index contributed by atoms with van der Waals surface area (Å²) in [6.07, 6.45) is 4.35. The number of carbonyl (C=O) groups is 1. The summed E-state index contributed by atoms with van der Waals surface area (Å²) in [6.45, 7) is 3.92. The lowest BCUT2D eigenvalue weighted by Crippen LogP contribution is -2.59. The van der Waals surface area contributed by atoms with Crippen LogP contribution in [0.25, 0.3) is 16.7 Å². The minimum Gasteiger partial charge on any atom is -0.473 e. The van der Waals surface area contributed by atoms with Gasteiger partial charge in [-0.1, -0.05) is 15.9 Å². The lowest BCUT2D eigenvalue weighted by Gasteiger charge is -2.46. The quantitative estimate of drug-likeness (QED) is 0.506. The van der Waals surface area contributed by atoms with E-state index in [1.807, 2.05) is 6.92 Å². The summed E-state index contributed by atoms with van der Waals surface area (Å²) in [5, 5.41) is 4.93. The van der Waals surface area contributed by atoms with Gasteiger partial charge in [-0.2, -0.15) is 5.10 Å². The van der Waals surface area contributed by atoms with E-state index in [4.69, 9.17) is 14.2 Å². The highest BCUT2D eigenvalue weighted by atomic mass is 79.9. The van der Waals surface area contributed by atoms with Crippen LogP contribution in [-0.4, -0.2) is 68.7 Å². The van der Waals surface area contributed by atoms with Crippen molar-refractivity contribution in [1.82, 2.24) is 24.6 Å². The van der Waals surface area contributed by atoms with Crippen molar-refractivity contribution < 1.29 is 23.4 Å². The van der Waals surface area contributed by atoms with E-state index >= 15 is 0 Å². The Hall–Kier alpha value is -2.79. The van der Waals surface area contributed by atoms with Crippen LogP contribution in [-0.2, 0) is 9.47 Å². The molecule has 2 unspecified atom stereocenters. The number of benzene rings is 1. The molecule has 4 heterocycles. The molecule has 11 heteroatoms. The normalized spacial score (nSPS) is 25.3. The Morgan fingerprint density at radius 3 is 2.71 bits per heavy atom. The van der Waals surface area contributed by atoms with E-state index in [9.17, 15) is 9.18 Å². The number of carbonyl (C=O) groups excluding carboxylic acids is 1. The highest BCUT2D eigenvalue weighted by Crippen LogP contribution is 2.40. The number of fused-ring (bicyclic) bond motifs is 3. The van der Waals surface area contributed by atoms with Gasteiger partial charge in [-0.3, -0.25) is 0 Å². The van der Waals surface area contributed by atoms with Gasteiger partial charge >= 0.3 is 6.09 Å². The van der Waals surface area contributed by atoms with Crippen molar-refractivity contribution in [2.75, 3.05) is 26.3 Å². The molecule has 2 saturated heterocycles. The maximum atomic E-state index is 14.6. The fourth-order valence-corrected chi connectivity index (χ4v) is 5.00. The van der Waals surface area contributed by atoms with Crippen molar-refractivity contribution in [1.29, 1.82) is 0 Å². The maximum absolute atomic E-state index is 14.6. The number of halogens is 2. The van der Waals surface area contributed by atoms with Crippen molar-refractivity contribution in [3.63, 3.8) is 0 Å². The first kappa shape index (κ1) is 21.7. The van der Waals surface area contributed by atoms with Gasteiger partial charge in [0.1, 0.15) is 34.9 Å². The van der Waals surface area contributed by atoms with E-state index in [0.29, 0.717) is 47.7 Å². The molecular weight excluding hydrogens is 509 g/mol. The predicted octanol–water partition coefficient (Wildman–Crippen LogP) is 3.73. The highest BCUT2D eigenvalue weighted by molar-refractivity contribution is 9.10. The van der Waals surface area contributed by atoms with E-state index in [2.05, 4.69) is 31.0 Å². The molecule has 3 fully saturated rings. The van der Waals surface area contributed by atoms with Crippen LogP contribution in [0.15, 0.2) is 35.2 Å². The molecule has 9 nitrogen and oxygen atoms in total. The summed E-state index contributed by atoms with van der Waals surface area (Å²) in [5.74, 6) is -0.0734. The molecule has 34 heavy (non-hydrogen) atoms. The molecule has 0 radical (unpaired) electrons. The lowest BCUT2D eigenvalue weighted by atomic mass is 9.84. The molecule has 6 rings (SSSR count). The average Bonchev–Trinajstić information content (AvgIpc) is 3.35. The minimum absolute atomic E-state index is 0.0176. The molecule has 3 aromatic rings. The summed E-state index contributed by atoms with van der Waals surface area (Å²) in [7, 11) is 0. The van der Waals surface area contributed by atoms with Crippen LogP contribution >= 0.6 is 15.9 Å². The molecule has 178 valence electrons. The Balaban J connectivity index is 1.25. The summed E-state index contributed by atoms with van der Waals surface area (Å²) in [6, 6.07) is 4.76. The third-order valence-corrected chi connectivity index (χ3v) is 7.26. The molecule has 0 N–H and O–H groups in total. The molecular formula is C23H23BrFN5O4. The SMILES string of the molecule is CC1(OC(=O)N2CC3COCC(C2)C3Oc2ncnc3c2cnn3-c2ccc(Br)cc2F)CC1. The zero-order chi connectivity index (χ0) is 23.4. The topological polar surface area (TPSA) is 91.6 Å². The summed E-state index contributed by atoms with van der Waals surface area (Å²) in [4.78, 5) is 23.1. The zero-order valence-electron chi connectivity index (χ0n) is 18.5. The van der Waals surface area contributed by atoms with Crippen molar-refractivity contribution in [2.24, 2.45) is 11.8 Å². The van der Waals surface area contributed by atoms with Gasteiger partial charge in [0.05, 0.1) is 19.4 Å². The van der Waals surface area contributed by atoms with Gasteiger partial charge in [0.25, 0.3) is 0 Å². The second-order valence-electron chi connectivity index (χ2n) is 9.43. The minimum atomic E-state index is -0.425. The van der Waals surface area contributed by atoms with E-state index in [0.717, 1.165) is 12.8 Å². The second-order valence-corrected chi connectivity index (χ2v) is 10.3. The van der Waals surface area contributed by atoms with Crippen LogP contribution in [0.5, 0.6) is 5.88 Å². The van der Waals surface area contributed by atoms with Gasteiger partial charge in [0.2, 0.25) is 5.88 Å². The van der Waals surface area contributed by atoms with Crippen LogP contribution in [0.4, 0.5) is 9.18 Å². The number of aromatic nitrogens is 4. The molecule has 2 aliphatic heterocycles. The third-order valence-electron chi connectivity index (χ3n) is 6.76. The van der Waals surface area contributed by atoms with Crippen LogP contribution in [0.1, 0.15) is 19.8 Å². The smallest absolute Gasteiger partial charge is 0.410 e.